The molecule has 0 saturated heterocycles. The Balaban J connectivity index is 3.88. The molecule has 0 fully saturated rings. The van der Waals surface area contributed by atoms with Crippen molar-refractivity contribution in [2.24, 2.45) is 5.73 Å². The average molecular weight is 183 g/mol. The summed E-state index contributed by atoms with van der Waals surface area (Å²) in [5.74, 6) is 0. The first-order chi connectivity index (χ1) is 4.99. The van der Waals surface area contributed by atoms with Crippen molar-refractivity contribution >= 4 is 10.4 Å². The van der Waals surface area contributed by atoms with Crippen molar-refractivity contribution in [3.05, 3.63) is 0 Å². The normalized spacial score (nSPS) is 14.8. The van der Waals surface area contributed by atoms with Gasteiger partial charge in [-0.05, 0) is 6.42 Å². The molecule has 6 heteroatoms. The highest BCUT2D eigenvalue weighted by atomic mass is 32.3. The van der Waals surface area contributed by atoms with Crippen molar-refractivity contribution < 1.29 is 17.2 Å². The molecular formula is C5H13NO4S. The van der Waals surface area contributed by atoms with E-state index in [2.05, 4.69) is 4.18 Å². The van der Waals surface area contributed by atoms with E-state index in [0.717, 1.165) is 6.42 Å². The van der Waals surface area contributed by atoms with Gasteiger partial charge in [0.25, 0.3) is 0 Å². The van der Waals surface area contributed by atoms with Crippen LogP contribution in [0.5, 0.6) is 0 Å². The first-order valence-electron chi connectivity index (χ1n) is 3.35. The van der Waals surface area contributed by atoms with E-state index in [9.17, 15) is 8.42 Å². The van der Waals surface area contributed by atoms with E-state index in [1.807, 2.05) is 6.92 Å². The molecule has 0 aromatic carbocycles. The molecule has 0 aromatic rings. The van der Waals surface area contributed by atoms with Gasteiger partial charge >= 0.3 is 10.4 Å². The summed E-state index contributed by atoms with van der Waals surface area (Å²) in [6, 6.07) is 0. The molecule has 0 radical (unpaired) electrons. The molecule has 1 unspecified atom stereocenters. The van der Waals surface area contributed by atoms with Gasteiger partial charge in [0.2, 0.25) is 0 Å². The van der Waals surface area contributed by atoms with Crippen LogP contribution in [0.15, 0.2) is 0 Å². The highest BCUT2D eigenvalue weighted by Crippen LogP contribution is 2.03. The molecule has 0 aromatic heterocycles. The van der Waals surface area contributed by atoms with Crippen LogP contribution < -0.4 is 5.73 Å². The van der Waals surface area contributed by atoms with Gasteiger partial charge in [0.1, 0.15) is 0 Å². The summed E-state index contributed by atoms with van der Waals surface area (Å²) >= 11 is 0. The van der Waals surface area contributed by atoms with Crippen LogP contribution >= 0.6 is 0 Å². The standard InChI is InChI=1S/C5H13NO4S/c1-2-3-5(4-6)10-11(7,8)9/h5H,2-4,6H2,1H3,(H,7,8,9). The predicted octanol–water partition coefficient (Wildman–Crippen LogP) is -0.0668. The molecule has 0 aliphatic carbocycles. The van der Waals surface area contributed by atoms with Gasteiger partial charge in [-0.15, -0.1) is 0 Å². The summed E-state index contributed by atoms with van der Waals surface area (Å²) in [7, 11) is -4.34. The second kappa shape index (κ2) is 4.66. The van der Waals surface area contributed by atoms with E-state index in [-0.39, 0.29) is 6.54 Å². The Kier molecular flexibility index (Phi) is 4.58. The second-order valence-corrected chi connectivity index (χ2v) is 3.22. The summed E-state index contributed by atoms with van der Waals surface area (Å²) in [5, 5.41) is 0. The van der Waals surface area contributed by atoms with E-state index in [0.29, 0.717) is 6.42 Å². The molecule has 68 valence electrons. The van der Waals surface area contributed by atoms with Crippen LogP contribution in [0, 0.1) is 0 Å². The number of hydrogen-bond acceptors (Lipinski definition) is 4. The fourth-order valence-electron chi connectivity index (χ4n) is 0.699. The number of rotatable bonds is 5. The van der Waals surface area contributed by atoms with Gasteiger partial charge in [0, 0.05) is 6.54 Å². The molecule has 0 heterocycles. The Bertz CT molecular complexity index is 189. The summed E-state index contributed by atoms with van der Waals surface area (Å²) in [6.45, 7) is 1.96. The van der Waals surface area contributed by atoms with Crippen LogP contribution in [0.25, 0.3) is 0 Å². The Morgan fingerprint density at radius 3 is 2.45 bits per heavy atom. The van der Waals surface area contributed by atoms with Crippen molar-refractivity contribution in [2.45, 2.75) is 25.9 Å². The maximum absolute atomic E-state index is 10.2. The Morgan fingerprint density at radius 2 is 2.18 bits per heavy atom. The van der Waals surface area contributed by atoms with Crippen LogP contribution in [0.2, 0.25) is 0 Å². The van der Waals surface area contributed by atoms with Gasteiger partial charge in [-0.25, -0.2) is 4.18 Å². The highest BCUT2D eigenvalue weighted by molar-refractivity contribution is 7.80. The Labute approximate surface area is 66.5 Å². The van der Waals surface area contributed by atoms with E-state index in [1.54, 1.807) is 0 Å². The molecule has 0 spiro atoms. The molecule has 1 atom stereocenters. The van der Waals surface area contributed by atoms with Crippen molar-refractivity contribution in [1.82, 2.24) is 0 Å². The van der Waals surface area contributed by atoms with E-state index >= 15 is 0 Å². The highest BCUT2D eigenvalue weighted by Gasteiger charge is 2.13. The molecule has 0 amide bonds. The zero-order valence-electron chi connectivity index (χ0n) is 6.36. The largest absolute Gasteiger partial charge is 0.397 e. The van der Waals surface area contributed by atoms with Gasteiger partial charge in [-0.1, -0.05) is 13.3 Å². The third-order valence-electron chi connectivity index (χ3n) is 1.13. The lowest BCUT2D eigenvalue weighted by Crippen LogP contribution is -2.26. The lowest BCUT2D eigenvalue weighted by Gasteiger charge is -2.10. The summed E-state index contributed by atoms with van der Waals surface area (Å²) < 4.78 is 32.8. The monoisotopic (exact) mass is 183 g/mol. The van der Waals surface area contributed by atoms with Crippen LogP contribution in [-0.2, 0) is 14.6 Å². The first kappa shape index (κ1) is 10.8. The molecule has 0 aliphatic heterocycles. The van der Waals surface area contributed by atoms with Crippen LogP contribution in [0.3, 0.4) is 0 Å². The minimum Gasteiger partial charge on any atom is -0.328 e. The van der Waals surface area contributed by atoms with Gasteiger partial charge in [0.15, 0.2) is 0 Å². The van der Waals surface area contributed by atoms with E-state index in [4.69, 9.17) is 10.3 Å². The van der Waals surface area contributed by atoms with E-state index in [1.165, 1.54) is 0 Å². The van der Waals surface area contributed by atoms with Crippen molar-refractivity contribution in [3.63, 3.8) is 0 Å². The van der Waals surface area contributed by atoms with Crippen molar-refractivity contribution in [3.8, 4) is 0 Å². The maximum Gasteiger partial charge on any atom is 0.397 e. The molecular weight excluding hydrogens is 170 g/mol. The van der Waals surface area contributed by atoms with Crippen LogP contribution in [-0.4, -0.2) is 25.6 Å². The van der Waals surface area contributed by atoms with Crippen molar-refractivity contribution in [2.75, 3.05) is 6.54 Å². The molecule has 0 bridgehead atoms. The second-order valence-electron chi connectivity index (χ2n) is 2.17. The van der Waals surface area contributed by atoms with Crippen LogP contribution in [0.1, 0.15) is 19.8 Å². The first-order valence-corrected chi connectivity index (χ1v) is 4.72. The zero-order chi connectivity index (χ0) is 8.91. The molecule has 5 nitrogen and oxygen atoms in total. The van der Waals surface area contributed by atoms with Crippen LogP contribution in [0.4, 0.5) is 0 Å². The summed E-state index contributed by atoms with van der Waals surface area (Å²) in [5.41, 5.74) is 5.17. The number of nitrogens with two attached hydrogens (primary N) is 1. The topological polar surface area (TPSA) is 89.6 Å². The summed E-state index contributed by atoms with van der Waals surface area (Å²) in [6.07, 6.45) is 0.684. The van der Waals surface area contributed by atoms with Gasteiger partial charge in [-0.3, -0.25) is 4.55 Å². The lowest BCUT2D eigenvalue weighted by molar-refractivity contribution is 0.178. The Morgan fingerprint density at radius 1 is 1.64 bits per heavy atom. The number of hydrogen-bond donors (Lipinski definition) is 2. The Hall–Kier alpha value is -0.170. The minimum absolute atomic E-state index is 0.0909. The molecule has 0 aliphatic rings. The maximum atomic E-state index is 10.2. The molecule has 11 heavy (non-hydrogen) atoms. The zero-order valence-corrected chi connectivity index (χ0v) is 7.17. The summed E-state index contributed by atoms with van der Waals surface area (Å²) in [4.78, 5) is 0. The minimum atomic E-state index is -4.34. The smallest absolute Gasteiger partial charge is 0.328 e. The lowest BCUT2D eigenvalue weighted by atomic mass is 10.2. The fraction of sp³-hybridized carbons (Fsp3) is 1.00. The van der Waals surface area contributed by atoms with Gasteiger partial charge in [0.05, 0.1) is 6.10 Å². The van der Waals surface area contributed by atoms with Gasteiger partial charge in [-0.2, -0.15) is 8.42 Å². The SMILES string of the molecule is CCCC(CN)OS(=O)(=O)O. The molecule has 0 saturated carbocycles. The third-order valence-corrected chi connectivity index (χ3v) is 1.65. The van der Waals surface area contributed by atoms with Gasteiger partial charge < -0.3 is 5.73 Å². The van der Waals surface area contributed by atoms with Crippen molar-refractivity contribution in [1.29, 1.82) is 0 Å². The molecule has 0 rings (SSSR count). The van der Waals surface area contributed by atoms with E-state index < -0.39 is 16.5 Å². The quantitative estimate of drug-likeness (QED) is 0.582. The third kappa shape index (κ3) is 6.24. The fourth-order valence-corrected chi connectivity index (χ4v) is 1.22. The molecule has 3 N–H and O–H groups in total. The predicted molar refractivity (Wildman–Crippen MR) is 40.4 cm³/mol. The average Bonchev–Trinajstić information content (AvgIpc) is 1.84.